The van der Waals surface area contributed by atoms with Crippen LogP contribution < -0.4 is 5.32 Å². The standard InChI is InChI=1S/C10H21N.C2H4O2/c1-2-8-11-9-10-6-4-3-5-7-10;1-2(3)4/h10-11H,2-9H2,1H3;1H3,(H,3,4). The smallest absolute Gasteiger partial charge is 0.300 e. The molecule has 1 rings (SSSR count). The number of carbonyl (C=O) groups is 1. The molecule has 0 amide bonds. The number of nitrogens with one attached hydrogen (secondary N) is 1. The van der Waals surface area contributed by atoms with Gasteiger partial charge in [-0.1, -0.05) is 26.2 Å². The van der Waals surface area contributed by atoms with Crippen molar-refractivity contribution in [1.82, 2.24) is 5.32 Å². The Morgan fingerprint density at radius 1 is 1.33 bits per heavy atom. The van der Waals surface area contributed by atoms with E-state index in [1.54, 1.807) is 0 Å². The van der Waals surface area contributed by atoms with Gasteiger partial charge in [0, 0.05) is 6.92 Å². The summed E-state index contributed by atoms with van der Waals surface area (Å²) < 4.78 is 0. The molecule has 90 valence electrons. The second-order valence-corrected chi connectivity index (χ2v) is 4.23. The molecule has 3 nitrogen and oxygen atoms in total. The average Bonchev–Trinajstić information content (AvgIpc) is 2.19. The fourth-order valence-corrected chi connectivity index (χ4v) is 1.87. The summed E-state index contributed by atoms with van der Waals surface area (Å²) in [5.41, 5.74) is 0. The Morgan fingerprint density at radius 3 is 2.33 bits per heavy atom. The van der Waals surface area contributed by atoms with Gasteiger partial charge in [-0.2, -0.15) is 0 Å². The van der Waals surface area contributed by atoms with Crippen LogP contribution in [0.3, 0.4) is 0 Å². The van der Waals surface area contributed by atoms with Crippen molar-refractivity contribution < 1.29 is 9.90 Å². The molecule has 0 saturated heterocycles. The number of carboxylic acids is 1. The van der Waals surface area contributed by atoms with E-state index in [0.29, 0.717) is 0 Å². The molecule has 0 unspecified atom stereocenters. The van der Waals surface area contributed by atoms with Crippen LogP contribution in [-0.4, -0.2) is 24.2 Å². The normalized spacial score (nSPS) is 16.7. The third-order valence-corrected chi connectivity index (χ3v) is 2.58. The Morgan fingerprint density at radius 2 is 1.87 bits per heavy atom. The fraction of sp³-hybridized carbons (Fsp3) is 0.917. The number of rotatable bonds is 4. The first-order valence-electron chi connectivity index (χ1n) is 6.07. The molecule has 0 bridgehead atoms. The molecule has 0 atom stereocenters. The van der Waals surface area contributed by atoms with Crippen molar-refractivity contribution in [1.29, 1.82) is 0 Å². The van der Waals surface area contributed by atoms with Crippen molar-refractivity contribution in [3.63, 3.8) is 0 Å². The van der Waals surface area contributed by atoms with Crippen LogP contribution in [0.2, 0.25) is 0 Å². The van der Waals surface area contributed by atoms with Gasteiger partial charge in [0.1, 0.15) is 0 Å². The van der Waals surface area contributed by atoms with Crippen molar-refractivity contribution in [2.45, 2.75) is 52.4 Å². The molecule has 1 saturated carbocycles. The molecule has 1 aliphatic carbocycles. The molecule has 15 heavy (non-hydrogen) atoms. The number of hydrogen-bond donors (Lipinski definition) is 2. The van der Waals surface area contributed by atoms with Gasteiger partial charge in [0.25, 0.3) is 5.97 Å². The molecule has 0 aromatic carbocycles. The summed E-state index contributed by atoms with van der Waals surface area (Å²) in [7, 11) is 0. The van der Waals surface area contributed by atoms with Gasteiger partial charge in [-0.3, -0.25) is 4.79 Å². The summed E-state index contributed by atoms with van der Waals surface area (Å²) in [4.78, 5) is 9.00. The number of carboxylic acid groups (broad SMARTS) is 1. The van der Waals surface area contributed by atoms with E-state index in [1.807, 2.05) is 0 Å². The first kappa shape index (κ1) is 14.4. The molecule has 1 aliphatic rings. The summed E-state index contributed by atoms with van der Waals surface area (Å²) >= 11 is 0. The lowest BCUT2D eigenvalue weighted by Crippen LogP contribution is -2.24. The Hall–Kier alpha value is -0.570. The Labute approximate surface area is 93.3 Å². The summed E-state index contributed by atoms with van der Waals surface area (Å²) in [5, 5.41) is 10.9. The quantitative estimate of drug-likeness (QED) is 0.709. The van der Waals surface area contributed by atoms with Crippen LogP contribution in [0.5, 0.6) is 0 Å². The predicted octanol–water partition coefficient (Wildman–Crippen LogP) is 2.66. The maximum atomic E-state index is 9.00. The number of aliphatic carboxylic acids is 1. The third kappa shape index (κ3) is 11.4. The maximum absolute atomic E-state index is 9.00. The monoisotopic (exact) mass is 215 g/mol. The minimum absolute atomic E-state index is 0.833. The van der Waals surface area contributed by atoms with Crippen LogP contribution >= 0.6 is 0 Å². The highest BCUT2D eigenvalue weighted by Crippen LogP contribution is 2.22. The van der Waals surface area contributed by atoms with Gasteiger partial charge in [-0.15, -0.1) is 0 Å². The first-order chi connectivity index (χ1) is 7.16. The lowest BCUT2D eigenvalue weighted by Gasteiger charge is -2.21. The van der Waals surface area contributed by atoms with Crippen molar-refractivity contribution in [2.75, 3.05) is 13.1 Å². The average molecular weight is 215 g/mol. The fourth-order valence-electron chi connectivity index (χ4n) is 1.87. The Bertz CT molecular complexity index is 150. The zero-order valence-electron chi connectivity index (χ0n) is 10.1. The number of hydrogen-bond acceptors (Lipinski definition) is 2. The second-order valence-electron chi connectivity index (χ2n) is 4.23. The predicted molar refractivity (Wildman–Crippen MR) is 63.0 cm³/mol. The third-order valence-electron chi connectivity index (χ3n) is 2.58. The van der Waals surface area contributed by atoms with E-state index in [-0.39, 0.29) is 0 Å². The molecule has 0 radical (unpaired) electrons. The zero-order chi connectivity index (χ0) is 11.5. The first-order valence-corrected chi connectivity index (χ1v) is 6.07. The van der Waals surface area contributed by atoms with Crippen molar-refractivity contribution in [2.24, 2.45) is 5.92 Å². The molecular formula is C12H25NO2. The molecule has 0 aromatic rings. The summed E-state index contributed by atoms with van der Waals surface area (Å²) in [6, 6.07) is 0. The molecular weight excluding hydrogens is 190 g/mol. The summed E-state index contributed by atoms with van der Waals surface area (Å²) in [6.45, 7) is 5.79. The summed E-state index contributed by atoms with van der Waals surface area (Å²) in [5.74, 6) is 0.162. The van der Waals surface area contributed by atoms with Gasteiger partial charge in [0.2, 0.25) is 0 Å². The molecule has 0 heterocycles. The van der Waals surface area contributed by atoms with Crippen LogP contribution in [-0.2, 0) is 4.79 Å². The Balaban J connectivity index is 0.000000423. The van der Waals surface area contributed by atoms with Gasteiger partial charge in [0.05, 0.1) is 0 Å². The van der Waals surface area contributed by atoms with E-state index >= 15 is 0 Å². The van der Waals surface area contributed by atoms with Crippen LogP contribution in [0.1, 0.15) is 52.4 Å². The van der Waals surface area contributed by atoms with Gasteiger partial charge < -0.3 is 10.4 Å². The molecule has 2 N–H and O–H groups in total. The van der Waals surface area contributed by atoms with Crippen LogP contribution in [0.4, 0.5) is 0 Å². The van der Waals surface area contributed by atoms with E-state index in [9.17, 15) is 0 Å². The topological polar surface area (TPSA) is 49.3 Å². The van der Waals surface area contributed by atoms with Crippen molar-refractivity contribution in [3.05, 3.63) is 0 Å². The van der Waals surface area contributed by atoms with E-state index in [4.69, 9.17) is 9.90 Å². The molecule has 3 heteroatoms. The van der Waals surface area contributed by atoms with Crippen LogP contribution in [0.15, 0.2) is 0 Å². The highest BCUT2D eigenvalue weighted by atomic mass is 16.4. The van der Waals surface area contributed by atoms with Gasteiger partial charge in [-0.25, -0.2) is 0 Å². The van der Waals surface area contributed by atoms with Crippen molar-refractivity contribution >= 4 is 5.97 Å². The van der Waals surface area contributed by atoms with Gasteiger partial charge in [-0.05, 0) is 38.3 Å². The van der Waals surface area contributed by atoms with Crippen LogP contribution in [0, 0.1) is 5.92 Å². The maximum Gasteiger partial charge on any atom is 0.300 e. The van der Waals surface area contributed by atoms with E-state index in [0.717, 1.165) is 12.8 Å². The van der Waals surface area contributed by atoms with E-state index < -0.39 is 5.97 Å². The molecule has 1 fully saturated rings. The minimum atomic E-state index is -0.833. The van der Waals surface area contributed by atoms with E-state index in [1.165, 1.54) is 51.6 Å². The SMILES string of the molecule is CC(=O)O.CCCNCC1CCCCC1. The highest BCUT2D eigenvalue weighted by molar-refractivity contribution is 5.62. The second kappa shape index (κ2) is 9.97. The van der Waals surface area contributed by atoms with Gasteiger partial charge in [0.15, 0.2) is 0 Å². The zero-order valence-corrected chi connectivity index (χ0v) is 10.1. The largest absolute Gasteiger partial charge is 0.481 e. The van der Waals surface area contributed by atoms with E-state index in [2.05, 4.69) is 12.2 Å². The molecule has 0 aromatic heterocycles. The highest BCUT2D eigenvalue weighted by Gasteiger charge is 2.11. The van der Waals surface area contributed by atoms with Gasteiger partial charge >= 0.3 is 0 Å². The van der Waals surface area contributed by atoms with Crippen molar-refractivity contribution in [3.8, 4) is 0 Å². The summed E-state index contributed by atoms with van der Waals surface area (Å²) in [6.07, 6.45) is 8.63. The minimum Gasteiger partial charge on any atom is -0.481 e. The molecule has 0 spiro atoms. The molecule has 0 aliphatic heterocycles. The van der Waals surface area contributed by atoms with Crippen LogP contribution in [0.25, 0.3) is 0 Å². The lowest BCUT2D eigenvalue weighted by molar-refractivity contribution is -0.134. The lowest BCUT2D eigenvalue weighted by atomic mass is 9.89. The Kier molecular flexibility index (Phi) is 9.59.